The fraction of sp³-hybridized carbons (Fsp3) is 0.471. The largest absolute Gasteiger partial charge is 0.323 e. The number of hydrogen-bond acceptors (Lipinski definition) is 3. The van der Waals surface area contributed by atoms with E-state index in [9.17, 15) is 4.79 Å². The Balaban J connectivity index is 4.50. The molecule has 0 aromatic heterocycles. The summed E-state index contributed by atoms with van der Waals surface area (Å²) in [6.07, 6.45) is 6.98. The van der Waals surface area contributed by atoms with Crippen molar-refractivity contribution in [2.75, 3.05) is 26.2 Å². The van der Waals surface area contributed by atoms with Gasteiger partial charge in [0.15, 0.2) is 0 Å². The molecule has 0 heterocycles. The molecule has 0 bridgehead atoms. The summed E-state index contributed by atoms with van der Waals surface area (Å²) in [5, 5.41) is 5.84. The van der Waals surface area contributed by atoms with Crippen LogP contribution in [0.2, 0.25) is 0 Å². The summed E-state index contributed by atoms with van der Waals surface area (Å²) >= 11 is 0. The van der Waals surface area contributed by atoms with E-state index in [-0.39, 0.29) is 18.4 Å². The molecule has 22 heavy (non-hydrogen) atoms. The van der Waals surface area contributed by atoms with Crippen LogP contribution in [0.15, 0.2) is 50.6 Å². The summed E-state index contributed by atoms with van der Waals surface area (Å²) in [4.78, 5) is 16.2. The van der Waals surface area contributed by atoms with Gasteiger partial charge >= 0.3 is 6.03 Å². The highest BCUT2D eigenvalue weighted by molar-refractivity contribution is 5.74. The fourth-order valence-electron chi connectivity index (χ4n) is 2.05. The van der Waals surface area contributed by atoms with Crippen LogP contribution < -0.4 is 10.6 Å². The summed E-state index contributed by atoms with van der Waals surface area (Å²) in [6, 6.07) is -0.212. The molecule has 5 heteroatoms. The topological polar surface area (TPSA) is 47.6 Å². The lowest BCUT2D eigenvalue weighted by molar-refractivity contribution is 0.178. The predicted molar refractivity (Wildman–Crippen MR) is 94.5 cm³/mol. The molecule has 124 valence electrons. The first-order valence-electron chi connectivity index (χ1n) is 7.48. The summed E-state index contributed by atoms with van der Waals surface area (Å²) < 4.78 is 0. The molecular weight excluding hydrogens is 276 g/mol. The number of hydrogen-bond donors (Lipinski definition) is 2. The molecule has 0 saturated heterocycles. The van der Waals surface area contributed by atoms with Gasteiger partial charge in [-0.05, 0) is 13.8 Å². The van der Waals surface area contributed by atoms with Gasteiger partial charge in [0.05, 0.1) is 12.3 Å². The molecule has 0 aliphatic heterocycles. The molecule has 0 spiro atoms. The molecule has 0 fully saturated rings. The smallest absolute Gasteiger partial charge is 0.317 e. The van der Waals surface area contributed by atoms with Crippen LogP contribution in [0, 0.1) is 0 Å². The molecule has 2 atom stereocenters. The number of nitrogens with zero attached hydrogens (tertiary/aromatic N) is 2. The van der Waals surface area contributed by atoms with Crippen LogP contribution >= 0.6 is 0 Å². The lowest BCUT2D eigenvalue weighted by Gasteiger charge is -2.30. The monoisotopic (exact) mass is 306 g/mol. The van der Waals surface area contributed by atoms with Crippen LogP contribution in [0.1, 0.15) is 13.8 Å². The Kier molecular flexibility index (Phi) is 10.8. The van der Waals surface area contributed by atoms with Crippen molar-refractivity contribution in [2.45, 2.75) is 26.2 Å². The summed E-state index contributed by atoms with van der Waals surface area (Å²) in [7, 11) is 0. The third-order valence-electron chi connectivity index (χ3n) is 3.23. The van der Waals surface area contributed by atoms with E-state index in [0.29, 0.717) is 26.2 Å². The van der Waals surface area contributed by atoms with E-state index in [2.05, 4.69) is 46.7 Å². The van der Waals surface area contributed by atoms with Crippen molar-refractivity contribution >= 4 is 6.03 Å². The molecule has 5 nitrogen and oxygen atoms in total. The van der Waals surface area contributed by atoms with Gasteiger partial charge in [-0.2, -0.15) is 0 Å². The van der Waals surface area contributed by atoms with Crippen molar-refractivity contribution < 1.29 is 4.79 Å². The van der Waals surface area contributed by atoms with Gasteiger partial charge in [-0.1, -0.05) is 24.3 Å². The number of nitrogens with one attached hydrogen (secondary N) is 2. The normalized spacial score (nSPS) is 13.3. The first-order chi connectivity index (χ1) is 10.5. The Bertz CT molecular complexity index is 327. The quantitative estimate of drug-likeness (QED) is 0.430. The van der Waals surface area contributed by atoms with Gasteiger partial charge < -0.3 is 10.6 Å². The lowest BCUT2D eigenvalue weighted by Crippen LogP contribution is -2.54. The summed E-state index contributed by atoms with van der Waals surface area (Å²) in [6.45, 7) is 21.5. The standard InChI is InChI=1S/C17H30N4O/c1-7-11-20(12-8-2)15(5)18-17(22)19-16(6)21(13-9-3)14-10-4/h7-10,15-16H,1-4,11-14H2,5-6H3,(H2,18,19,22). The second-order valence-corrected chi connectivity index (χ2v) is 5.03. The van der Waals surface area contributed by atoms with E-state index in [1.807, 2.05) is 13.8 Å². The fourth-order valence-corrected chi connectivity index (χ4v) is 2.05. The first kappa shape index (κ1) is 20.1. The molecular formula is C17H30N4O. The maximum atomic E-state index is 12.1. The number of carbonyl (C=O) groups is 1. The third kappa shape index (κ3) is 7.81. The average Bonchev–Trinajstić information content (AvgIpc) is 2.46. The van der Waals surface area contributed by atoms with Gasteiger partial charge in [-0.25, -0.2) is 4.79 Å². The lowest BCUT2D eigenvalue weighted by atomic mass is 10.3. The Morgan fingerprint density at radius 3 is 1.32 bits per heavy atom. The van der Waals surface area contributed by atoms with E-state index in [0.717, 1.165) is 0 Å². The van der Waals surface area contributed by atoms with Crippen molar-refractivity contribution in [1.29, 1.82) is 0 Å². The van der Waals surface area contributed by atoms with Crippen LogP contribution in [-0.2, 0) is 0 Å². The molecule has 0 radical (unpaired) electrons. The summed E-state index contributed by atoms with van der Waals surface area (Å²) in [5.74, 6) is 0. The minimum atomic E-state index is -0.212. The van der Waals surface area contributed by atoms with Crippen molar-refractivity contribution in [2.24, 2.45) is 0 Å². The van der Waals surface area contributed by atoms with E-state index in [1.54, 1.807) is 24.3 Å². The van der Waals surface area contributed by atoms with Gasteiger partial charge in [-0.15, -0.1) is 26.3 Å². The zero-order chi connectivity index (χ0) is 17.0. The van der Waals surface area contributed by atoms with Gasteiger partial charge in [0.2, 0.25) is 0 Å². The van der Waals surface area contributed by atoms with E-state index in [4.69, 9.17) is 0 Å². The van der Waals surface area contributed by atoms with Crippen molar-refractivity contribution in [3.63, 3.8) is 0 Å². The Morgan fingerprint density at radius 2 is 1.09 bits per heavy atom. The van der Waals surface area contributed by atoms with E-state index < -0.39 is 0 Å². The van der Waals surface area contributed by atoms with Gasteiger partial charge in [0.1, 0.15) is 0 Å². The molecule has 2 unspecified atom stereocenters. The molecule has 2 N–H and O–H groups in total. The second kappa shape index (κ2) is 11.8. The maximum Gasteiger partial charge on any atom is 0.317 e. The summed E-state index contributed by atoms with van der Waals surface area (Å²) in [5.41, 5.74) is 0. The Hall–Kier alpha value is -1.85. The van der Waals surface area contributed by atoms with Crippen molar-refractivity contribution in [3.8, 4) is 0 Å². The predicted octanol–water partition coefficient (Wildman–Crippen LogP) is 2.33. The maximum absolute atomic E-state index is 12.1. The van der Waals surface area contributed by atoms with Gasteiger partial charge in [0.25, 0.3) is 0 Å². The SMILES string of the molecule is C=CCN(CC=C)C(C)NC(=O)NC(C)N(CC=C)CC=C. The van der Waals surface area contributed by atoms with Crippen LogP contribution in [0.3, 0.4) is 0 Å². The van der Waals surface area contributed by atoms with Gasteiger partial charge in [-0.3, -0.25) is 9.80 Å². The molecule has 0 aliphatic carbocycles. The van der Waals surface area contributed by atoms with Crippen molar-refractivity contribution in [1.82, 2.24) is 20.4 Å². The highest BCUT2D eigenvalue weighted by Crippen LogP contribution is 1.99. The molecule has 0 aliphatic rings. The highest BCUT2D eigenvalue weighted by atomic mass is 16.2. The zero-order valence-electron chi connectivity index (χ0n) is 13.9. The molecule has 0 aromatic carbocycles. The Labute approximate surface area is 135 Å². The van der Waals surface area contributed by atoms with Crippen LogP contribution in [-0.4, -0.2) is 54.3 Å². The molecule has 2 amide bonds. The highest BCUT2D eigenvalue weighted by Gasteiger charge is 2.17. The Morgan fingerprint density at radius 1 is 0.818 bits per heavy atom. The minimum absolute atomic E-state index is 0.115. The van der Waals surface area contributed by atoms with Crippen LogP contribution in [0.25, 0.3) is 0 Å². The minimum Gasteiger partial charge on any atom is -0.323 e. The number of urea groups is 1. The van der Waals surface area contributed by atoms with E-state index in [1.165, 1.54) is 0 Å². The number of amides is 2. The average molecular weight is 306 g/mol. The molecule has 0 aromatic rings. The first-order valence-corrected chi connectivity index (χ1v) is 7.48. The molecule has 0 saturated carbocycles. The zero-order valence-corrected chi connectivity index (χ0v) is 13.9. The second-order valence-electron chi connectivity index (χ2n) is 5.03. The number of carbonyl (C=O) groups excluding carboxylic acids is 1. The molecule has 0 rings (SSSR count). The van der Waals surface area contributed by atoms with Crippen LogP contribution in [0.5, 0.6) is 0 Å². The third-order valence-corrected chi connectivity index (χ3v) is 3.23. The van der Waals surface area contributed by atoms with Crippen molar-refractivity contribution in [3.05, 3.63) is 50.6 Å². The van der Waals surface area contributed by atoms with Crippen LogP contribution in [0.4, 0.5) is 4.79 Å². The van der Waals surface area contributed by atoms with Gasteiger partial charge in [0, 0.05) is 26.2 Å². The number of rotatable bonds is 12. The van der Waals surface area contributed by atoms with E-state index >= 15 is 0 Å².